The van der Waals surface area contributed by atoms with Crippen LogP contribution in [0.3, 0.4) is 0 Å². The second-order valence-corrected chi connectivity index (χ2v) is 11.1. The molecule has 0 unspecified atom stereocenters. The second kappa shape index (κ2) is 11.0. The molecule has 0 bridgehead atoms. The molecule has 0 radical (unpaired) electrons. The summed E-state index contributed by atoms with van der Waals surface area (Å²) in [6.07, 6.45) is 6.69. The molecular weight excluding hydrogens is 545 g/mol. The SMILES string of the molecule is COc1cc(C(=O)[C@@H]2C(=O)c3cc(-c4ccc(C(=O)[O-])nc4)ccc3OC23CCNCC3)cc2c1ccn2C1CC1.[Na+]. The maximum atomic E-state index is 14.4. The van der Waals surface area contributed by atoms with Gasteiger partial charge in [0, 0.05) is 47.8 Å². The minimum atomic E-state index is -1.36. The molecule has 3 aliphatic rings. The van der Waals surface area contributed by atoms with Crippen molar-refractivity contribution in [2.45, 2.75) is 37.3 Å². The van der Waals surface area contributed by atoms with Gasteiger partial charge in [-0.2, -0.15) is 0 Å². The number of nitrogens with one attached hydrogen (secondary N) is 1. The number of nitrogens with zero attached hydrogens (tertiary/aromatic N) is 2. The van der Waals surface area contributed by atoms with Gasteiger partial charge < -0.3 is 29.3 Å². The molecule has 9 nitrogen and oxygen atoms in total. The van der Waals surface area contributed by atoms with E-state index < -0.39 is 17.5 Å². The van der Waals surface area contributed by atoms with Crippen LogP contribution >= 0.6 is 0 Å². The number of piperidine rings is 1. The van der Waals surface area contributed by atoms with Gasteiger partial charge in [0.1, 0.15) is 23.0 Å². The van der Waals surface area contributed by atoms with E-state index in [2.05, 4.69) is 14.9 Å². The predicted molar refractivity (Wildman–Crippen MR) is 148 cm³/mol. The van der Waals surface area contributed by atoms with Crippen molar-refractivity contribution in [1.82, 2.24) is 14.9 Å². The smallest absolute Gasteiger partial charge is 0.543 e. The molecule has 1 spiro atoms. The number of carbonyl (C=O) groups excluding carboxylic acids is 3. The Hall–Kier alpha value is -3.50. The summed E-state index contributed by atoms with van der Waals surface area (Å²) < 4.78 is 14.5. The fourth-order valence-electron chi connectivity index (χ4n) is 6.32. The zero-order valence-electron chi connectivity index (χ0n) is 23.5. The number of pyridine rings is 1. The number of carbonyl (C=O) groups is 3. The van der Waals surface area contributed by atoms with E-state index in [1.165, 1.54) is 12.3 Å². The van der Waals surface area contributed by atoms with E-state index >= 15 is 0 Å². The van der Waals surface area contributed by atoms with E-state index in [1.54, 1.807) is 31.4 Å². The first-order valence-corrected chi connectivity index (χ1v) is 13.9. The molecule has 0 amide bonds. The van der Waals surface area contributed by atoms with Gasteiger partial charge in [0.15, 0.2) is 11.6 Å². The molecule has 1 atom stereocenters. The van der Waals surface area contributed by atoms with Crippen molar-refractivity contribution in [3.05, 3.63) is 77.7 Å². The normalized spacial score (nSPS) is 19.1. The van der Waals surface area contributed by atoms with E-state index in [4.69, 9.17) is 9.47 Å². The van der Waals surface area contributed by atoms with Crippen LogP contribution in [0.15, 0.2) is 60.9 Å². The van der Waals surface area contributed by atoms with Crippen molar-refractivity contribution in [3.8, 4) is 22.6 Å². The number of rotatable bonds is 6. The van der Waals surface area contributed by atoms with E-state index in [-0.39, 0.29) is 46.8 Å². The summed E-state index contributed by atoms with van der Waals surface area (Å²) in [5, 5.41) is 15.4. The van der Waals surface area contributed by atoms with Gasteiger partial charge in [0.2, 0.25) is 0 Å². The summed E-state index contributed by atoms with van der Waals surface area (Å²) in [6, 6.07) is 14.3. The monoisotopic (exact) mass is 573 g/mol. The van der Waals surface area contributed by atoms with Gasteiger partial charge in [-0.15, -0.1) is 0 Å². The van der Waals surface area contributed by atoms with Gasteiger partial charge >= 0.3 is 29.6 Å². The van der Waals surface area contributed by atoms with Crippen molar-refractivity contribution in [2.75, 3.05) is 20.2 Å². The number of carboxylic acids is 1. The van der Waals surface area contributed by atoms with Crippen molar-refractivity contribution < 1.29 is 58.5 Å². The largest absolute Gasteiger partial charge is 1.00 e. The molecule has 1 N–H and O–H groups in total. The van der Waals surface area contributed by atoms with Crippen molar-refractivity contribution >= 4 is 28.4 Å². The Balaban J connectivity index is 0.00000316. The van der Waals surface area contributed by atoms with Gasteiger partial charge in [0.05, 0.1) is 29.9 Å². The van der Waals surface area contributed by atoms with Crippen LogP contribution in [0.4, 0.5) is 0 Å². The molecule has 1 aliphatic carbocycles. The number of benzene rings is 2. The molecule has 2 aromatic heterocycles. The Kier molecular flexibility index (Phi) is 7.47. The summed E-state index contributed by atoms with van der Waals surface area (Å²) in [7, 11) is 1.59. The third-order valence-corrected chi connectivity index (χ3v) is 8.61. The van der Waals surface area contributed by atoms with Crippen LogP contribution in [0.5, 0.6) is 11.5 Å². The van der Waals surface area contributed by atoms with Crippen LogP contribution < -0.4 is 49.5 Å². The van der Waals surface area contributed by atoms with Gasteiger partial charge in [0.25, 0.3) is 0 Å². The van der Waals surface area contributed by atoms with Crippen LogP contribution in [0.1, 0.15) is 62.9 Å². The number of aromatic nitrogens is 2. The van der Waals surface area contributed by atoms with Crippen molar-refractivity contribution in [1.29, 1.82) is 0 Å². The van der Waals surface area contributed by atoms with Gasteiger partial charge in [-0.3, -0.25) is 14.6 Å². The molecule has 2 aromatic carbocycles. The molecular formula is C32H28N3NaO6. The van der Waals surface area contributed by atoms with E-state index in [1.807, 2.05) is 24.4 Å². The third-order valence-electron chi connectivity index (χ3n) is 8.61. The van der Waals surface area contributed by atoms with E-state index in [9.17, 15) is 19.5 Å². The number of Topliss-reactive ketones (excluding diaryl/α,β-unsaturated/α-hetero) is 2. The molecule has 2 aliphatic heterocycles. The van der Waals surface area contributed by atoms with E-state index in [0.717, 1.165) is 23.7 Å². The molecule has 10 heteroatoms. The Labute approximate surface area is 264 Å². The summed E-state index contributed by atoms with van der Waals surface area (Å²) in [4.78, 5) is 43.8. The Bertz CT molecular complexity index is 1720. The fourth-order valence-corrected chi connectivity index (χ4v) is 6.32. The zero-order valence-corrected chi connectivity index (χ0v) is 25.5. The number of carboxylic acid groups (broad SMARTS) is 1. The minimum absolute atomic E-state index is 0. The maximum Gasteiger partial charge on any atom is 1.00 e. The first-order chi connectivity index (χ1) is 19.9. The van der Waals surface area contributed by atoms with Crippen LogP contribution in [-0.4, -0.2) is 52.9 Å². The van der Waals surface area contributed by atoms with Gasteiger partial charge in [-0.25, -0.2) is 0 Å². The van der Waals surface area contributed by atoms with Crippen LogP contribution in [0.2, 0.25) is 0 Å². The molecule has 2 fully saturated rings. The number of methoxy groups -OCH3 is 1. The number of hydrogen-bond donors (Lipinski definition) is 1. The molecule has 7 rings (SSSR count). The number of fused-ring (bicyclic) bond motifs is 2. The first-order valence-electron chi connectivity index (χ1n) is 13.9. The summed E-state index contributed by atoms with van der Waals surface area (Å²) in [6.45, 7) is 1.27. The molecule has 4 aromatic rings. The average molecular weight is 574 g/mol. The molecule has 208 valence electrons. The quantitative estimate of drug-likeness (QED) is 0.202. The topological polar surface area (TPSA) is 123 Å². The van der Waals surface area contributed by atoms with Crippen LogP contribution in [0, 0.1) is 5.92 Å². The zero-order chi connectivity index (χ0) is 28.3. The standard InChI is InChI=1S/C32H29N3O6.Na/c1-40-27-16-20(15-25-22(27)8-13-35(25)21-4-5-21)29(36)28-30(37)23-14-18(19-2-6-24(31(38)39)34-17-19)3-7-26(23)41-32(28)9-11-33-12-10-32;/h2-3,6-8,13-17,21,28,33H,4-5,9-12H2,1H3,(H,38,39);/q;+1/p-1/t28-;/m1./s1. The van der Waals surface area contributed by atoms with Crippen molar-refractivity contribution in [2.24, 2.45) is 5.92 Å². The Morgan fingerprint density at radius 2 is 1.83 bits per heavy atom. The summed E-state index contributed by atoms with van der Waals surface area (Å²) >= 11 is 0. The molecule has 4 heterocycles. The first kappa shape index (κ1) is 28.6. The van der Waals surface area contributed by atoms with Gasteiger partial charge in [-0.1, -0.05) is 12.1 Å². The van der Waals surface area contributed by atoms with Gasteiger partial charge in [-0.05, 0) is 67.9 Å². The second-order valence-electron chi connectivity index (χ2n) is 11.1. The number of ketones is 2. The average Bonchev–Trinajstić information content (AvgIpc) is 3.75. The summed E-state index contributed by atoms with van der Waals surface area (Å²) in [5.74, 6) is -1.91. The maximum absolute atomic E-state index is 14.4. The molecule has 42 heavy (non-hydrogen) atoms. The predicted octanol–water partition coefficient (Wildman–Crippen LogP) is 0.611. The number of hydrogen-bond acceptors (Lipinski definition) is 8. The van der Waals surface area contributed by atoms with Crippen molar-refractivity contribution in [3.63, 3.8) is 0 Å². The van der Waals surface area contributed by atoms with E-state index in [0.29, 0.717) is 65.7 Å². The fraction of sp³-hybridized carbons (Fsp3) is 0.312. The number of aromatic carboxylic acids is 1. The Morgan fingerprint density at radius 1 is 1.07 bits per heavy atom. The third kappa shape index (κ3) is 4.74. The number of ether oxygens (including phenoxy) is 2. The molecule has 1 saturated carbocycles. The minimum Gasteiger partial charge on any atom is -0.543 e. The van der Waals surface area contributed by atoms with Crippen LogP contribution in [-0.2, 0) is 0 Å². The summed E-state index contributed by atoms with van der Waals surface area (Å²) in [5.41, 5.74) is 1.83. The van der Waals surface area contributed by atoms with Crippen LogP contribution in [0.25, 0.3) is 22.0 Å². The Morgan fingerprint density at radius 3 is 2.50 bits per heavy atom. The molecule has 1 saturated heterocycles.